The molecule has 11 heteroatoms. The Morgan fingerprint density at radius 3 is 1.86 bits per heavy atom. The van der Waals surface area contributed by atoms with Gasteiger partial charge in [-0.25, -0.2) is 4.39 Å². The number of rotatable bonds is 6. The average molecular weight is 643 g/mol. The number of carbonyl (C=O) groups excluding carboxylic acids is 1. The second-order valence-corrected chi connectivity index (χ2v) is 11.7. The fourth-order valence-electron chi connectivity index (χ4n) is 6.65. The van der Waals surface area contributed by atoms with Crippen LogP contribution in [-0.4, -0.2) is 29.9 Å². The molecule has 0 aromatic heterocycles. The second kappa shape index (κ2) is 13.5. The number of amides is 1. The zero-order chi connectivity index (χ0) is 30.8. The molecule has 1 saturated carbocycles. The minimum atomic E-state index is -4.98. The van der Waals surface area contributed by atoms with Gasteiger partial charge in [0.2, 0.25) is 5.91 Å². The van der Waals surface area contributed by atoms with Crippen molar-refractivity contribution in [1.82, 2.24) is 10.2 Å². The van der Waals surface area contributed by atoms with E-state index in [0.29, 0.717) is 36.9 Å². The molecule has 1 aliphatic carbocycles. The highest BCUT2D eigenvalue weighted by atomic mass is 35.5. The maximum absolute atomic E-state index is 13.4. The van der Waals surface area contributed by atoms with Gasteiger partial charge in [0, 0.05) is 6.04 Å². The van der Waals surface area contributed by atoms with Crippen molar-refractivity contribution in [3.8, 4) is 0 Å². The van der Waals surface area contributed by atoms with E-state index < -0.39 is 41.3 Å². The van der Waals surface area contributed by atoms with Crippen LogP contribution >= 0.6 is 12.4 Å². The topological polar surface area (TPSA) is 32.3 Å². The number of carbonyl (C=O) groups is 1. The summed E-state index contributed by atoms with van der Waals surface area (Å²) in [6.07, 6.45) is -5.94. The maximum atomic E-state index is 13.4. The van der Waals surface area contributed by atoms with Crippen molar-refractivity contribution in [3.63, 3.8) is 0 Å². The third-order valence-electron chi connectivity index (χ3n) is 8.91. The first-order chi connectivity index (χ1) is 20.3. The Kier molecular flexibility index (Phi) is 10.4. The highest BCUT2D eigenvalue weighted by Crippen LogP contribution is 2.41. The molecule has 0 radical (unpaired) electrons. The average Bonchev–Trinajstić information content (AvgIpc) is 2.97. The largest absolute Gasteiger partial charge is 0.416 e. The molecule has 0 bridgehead atoms. The first-order valence-electron chi connectivity index (χ1n) is 14.5. The maximum Gasteiger partial charge on any atom is 0.416 e. The van der Waals surface area contributed by atoms with Gasteiger partial charge in [0.1, 0.15) is 5.82 Å². The zero-order valence-corrected chi connectivity index (χ0v) is 24.7. The fourth-order valence-corrected chi connectivity index (χ4v) is 6.65. The van der Waals surface area contributed by atoms with E-state index in [1.807, 2.05) is 42.5 Å². The van der Waals surface area contributed by atoms with E-state index in [4.69, 9.17) is 0 Å². The van der Waals surface area contributed by atoms with Crippen LogP contribution in [0.15, 0.2) is 72.8 Å². The molecular formula is C33H34ClF7N2O. The molecule has 3 aromatic rings. The minimum absolute atomic E-state index is 0. The van der Waals surface area contributed by atoms with Crippen molar-refractivity contribution in [2.45, 2.75) is 74.8 Å². The highest BCUT2D eigenvalue weighted by molar-refractivity contribution is 5.85. The SMILES string of the molecule is Cl.O=C(Cc1cc(C(F)(F)F)cc(C(F)(F)F)c1)N[C@]1(c2ccccc2)CC[C@H](N2CCC(c3ccc(F)cc3)CC2)CC1. The molecule has 0 atom stereocenters. The third-order valence-corrected chi connectivity index (χ3v) is 8.91. The molecule has 1 amide bonds. The van der Waals surface area contributed by atoms with Crippen LogP contribution in [0.25, 0.3) is 0 Å². The van der Waals surface area contributed by atoms with Crippen molar-refractivity contribution in [2.75, 3.05) is 13.1 Å². The van der Waals surface area contributed by atoms with E-state index in [2.05, 4.69) is 10.2 Å². The number of piperidine rings is 1. The van der Waals surface area contributed by atoms with Gasteiger partial charge in [-0.3, -0.25) is 4.79 Å². The van der Waals surface area contributed by atoms with Crippen LogP contribution in [0.4, 0.5) is 30.7 Å². The van der Waals surface area contributed by atoms with Crippen molar-refractivity contribution >= 4 is 18.3 Å². The molecule has 44 heavy (non-hydrogen) atoms. The molecule has 5 rings (SSSR count). The van der Waals surface area contributed by atoms with Crippen molar-refractivity contribution in [3.05, 3.63) is 106 Å². The van der Waals surface area contributed by atoms with E-state index in [-0.39, 0.29) is 29.9 Å². The lowest BCUT2D eigenvalue weighted by molar-refractivity contribution is -0.143. The number of benzene rings is 3. The molecule has 1 heterocycles. The van der Waals surface area contributed by atoms with Crippen LogP contribution in [0.1, 0.15) is 72.3 Å². The van der Waals surface area contributed by atoms with Gasteiger partial charge in [0.25, 0.3) is 0 Å². The normalized spacial score (nSPS) is 21.8. The van der Waals surface area contributed by atoms with E-state index in [1.54, 1.807) is 0 Å². The molecule has 1 N–H and O–H groups in total. The summed E-state index contributed by atoms with van der Waals surface area (Å²) in [6.45, 7) is 1.79. The Labute approximate surface area is 258 Å². The van der Waals surface area contributed by atoms with Crippen molar-refractivity contribution in [1.29, 1.82) is 0 Å². The van der Waals surface area contributed by atoms with Crippen LogP contribution in [-0.2, 0) is 29.1 Å². The Morgan fingerprint density at radius 2 is 1.34 bits per heavy atom. The first kappa shape index (κ1) is 33.8. The highest BCUT2D eigenvalue weighted by Gasteiger charge is 2.41. The monoisotopic (exact) mass is 642 g/mol. The lowest BCUT2D eigenvalue weighted by Crippen LogP contribution is -2.52. The number of likely N-dealkylation sites (tertiary alicyclic amines) is 1. The Morgan fingerprint density at radius 1 is 0.795 bits per heavy atom. The van der Waals surface area contributed by atoms with Crippen LogP contribution in [0.2, 0.25) is 0 Å². The van der Waals surface area contributed by atoms with Crippen LogP contribution in [0, 0.1) is 5.82 Å². The molecule has 2 aliphatic rings. The number of hydrogen-bond donors (Lipinski definition) is 1. The predicted molar refractivity (Wildman–Crippen MR) is 156 cm³/mol. The van der Waals surface area contributed by atoms with Gasteiger partial charge in [-0.15, -0.1) is 12.4 Å². The third kappa shape index (κ3) is 7.93. The molecule has 1 saturated heterocycles. The van der Waals surface area contributed by atoms with Gasteiger partial charge in [-0.1, -0.05) is 42.5 Å². The van der Waals surface area contributed by atoms with E-state index in [9.17, 15) is 35.5 Å². The van der Waals surface area contributed by atoms with Crippen LogP contribution in [0.5, 0.6) is 0 Å². The molecular weight excluding hydrogens is 609 g/mol. The van der Waals surface area contributed by atoms with Crippen LogP contribution < -0.4 is 5.32 Å². The second-order valence-electron chi connectivity index (χ2n) is 11.7. The standard InChI is InChI=1S/C33H33F7N2O.ClH/c34-28-8-6-23(7-9-28)24-12-16-42(17-13-24)29-10-14-31(15-11-29,25-4-2-1-3-5-25)41-30(43)20-22-18-26(32(35,36)37)21-27(19-22)33(38,39)40;/h1-9,18-19,21,24,29H,10-17,20H2,(H,41,43);1H/t29-,31+;. The van der Waals surface area contributed by atoms with Gasteiger partial charge in [-0.05, 0) is 105 Å². The molecule has 3 aromatic carbocycles. The number of halogens is 8. The molecule has 0 unspecified atom stereocenters. The van der Waals surface area contributed by atoms with Crippen LogP contribution in [0.3, 0.4) is 0 Å². The summed E-state index contributed by atoms with van der Waals surface area (Å²) in [7, 11) is 0. The van der Waals surface area contributed by atoms with Gasteiger partial charge in [0.15, 0.2) is 0 Å². The van der Waals surface area contributed by atoms with Crippen molar-refractivity contribution in [2.24, 2.45) is 0 Å². The number of hydrogen-bond acceptors (Lipinski definition) is 2. The quantitative estimate of drug-likeness (QED) is 0.273. The van der Waals surface area contributed by atoms with Gasteiger partial charge < -0.3 is 10.2 Å². The van der Waals surface area contributed by atoms with E-state index in [1.165, 1.54) is 12.1 Å². The summed E-state index contributed by atoms with van der Waals surface area (Å²) in [5.74, 6) is -0.509. The first-order valence-corrected chi connectivity index (χ1v) is 14.5. The zero-order valence-electron chi connectivity index (χ0n) is 23.9. The molecule has 238 valence electrons. The fraction of sp³-hybridized carbons (Fsp3) is 0.424. The van der Waals surface area contributed by atoms with E-state index >= 15 is 0 Å². The summed E-state index contributed by atoms with van der Waals surface area (Å²) in [6, 6.07) is 17.6. The lowest BCUT2D eigenvalue weighted by Gasteiger charge is -2.46. The summed E-state index contributed by atoms with van der Waals surface area (Å²) in [5.41, 5.74) is -2.01. The summed E-state index contributed by atoms with van der Waals surface area (Å²) in [5, 5.41) is 3.02. The molecule has 0 spiro atoms. The minimum Gasteiger partial charge on any atom is -0.346 e. The summed E-state index contributed by atoms with van der Waals surface area (Å²) in [4.78, 5) is 15.7. The van der Waals surface area contributed by atoms with Gasteiger partial charge >= 0.3 is 12.4 Å². The Balaban J connectivity index is 0.00000442. The number of nitrogens with zero attached hydrogens (tertiary/aromatic N) is 1. The Bertz CT molecular complexity index is 1360. The van der Waals surface area contributed by atoms with E-state index in [0.717, 1.165) is 49.9 Å². The molecule has 1 aliphatic heterocycles. The Hall–Kier alpha value is -3.11. The van der Waals surface area contributed by atoms with Crippen molar-refractivity contribution < 1.29 is 35.5 Å². The predicted octanol–water partition coefficient (Wildman–Crippen LogP) is 8.66. The van der Waals surface area contributed by atoms with Gasteiger partial charge in [-0.2, -0.15) is 26.3 Å². The lowest BCUT2D eigenvalue weighted by atomic mass is 9.74. The smallest absolute Gasteiger partial charge is 0.346 e. The molecule has 2 fully saturated rings. The number of alkyl halides is 6. The summed E-state index contributed by atoms with van der Waals surface area (Å²) >= 11 is 0. The number of nitrogens with one attached hydrogen (secondary N) is 1. The molecule has 3 nitrogen and oxygen atoms in total. The summed E-state index contributed by atoms with van der Waals surface area (Å²) < 4.78 is 93.5. The van der Waals surface area contributed by atoms with Gasteiger partial charge in [0.05, 0.1) is 23.1 Å².